The number of hydrogen-bond acceptors (Lipinski definition) is 3. The van der Waals surface area contributed by atoms with E-state index in [0.29, 0.717) is 25.3 Å². The summed E-state index contributed by atoms with van der Waals surface area (Å²) in [5.74, 6) is 2.54. The van der Waals surface area contributed by atoms with Crippen molar-refractivity contribution in [2.75, 3.05) is 44.6 Å². The molecule has 2 N–H and O–H groups in total. The molecule has 1 aromatic rings. The van der Waals surface area contributed by atoms with Gasteiger partial charge in [-0.25, -0.2) is 4.79 Å². The number of benzene rings is 1. The van der Waals surface area contributed by atoms with Crippen LogP contribution in [0.25, 0.3) is 0 Å². The van der Waals surface area contributed by atoms with Gasteiger partial charge in [0.2, 0.25) is 0 Å². The molecule has 1 saturated heterocycles. The number of piperazine rings is 1. The minimum absolute atomic E-state index is 0.109. The van der Waals surface area contributed by atoms with Gasteiger partial charge >= 0.3 is 6.03 Å². The molecule has 1 heterocycles. The van der Waals surface area contributed by atoms with E-state index in [0.717, 1.165) is 18.7 Å². The number of nitrogens with zero attached hydrogens (tertiary/aromatic N) is 2. The fraction of sp³-hybridized carbons (Fsp3) is 0.400. The first-order valence-electron chi connectivity index (χ1n) is 6.69. The first-order valence-corrected chi connectivity index (χ1v) is 6.69. The number of anilines is 1. The highest BCUT2D eigenvalue weighted by Crippen LogP contribution is 2.11. The molecule has 5 nitrogen and oxygen atoms in total. The maximum absolute atomic E-state index is 12.1. The van der Waals surface area contributed by atoms with Crippen LogP contribution in [0.3, 0.4) is 0 Å². The zero-order valence-corrected chi connectivity index (χ0v) is 11.4. The maximum Gasteiger partial charge on any atom is 0.321 e. The van der Waals surface area contributed by atoms with Crippen LogP contribution in [0.1, 0.15) is 5.56 Å². The number of nitrogens with one attached hydrogen (secondary N) is 1. The number of β-amino-alcohol motifs (C(OH)–C–C–N with tert-alkyl or cyclic N) is 1. The minimum atomic E-state index is -0.109. The van der Waals surface area contributed by atoms with E-state index >= 15 is 0 Å². The summed E-state index contributed by atoms with van der Waals surface area (Å²) in [6.07, 6.45) is 5.34. The third kappa shape index (κ3) is 3.73. The van der Waals surface area contributed by atoms with Crippen LogP contribution >= 0.6 is 0 Å². The van der Waals surface area contributed by atoms with E-state index in [1.807, 2.05) is 18.2 Å². The Morgan fingerprint density at radius 1 is 1.35 bits per heavy atom. The Bertz CT molecular complexity index is 502. The number of urea groups is 1. The molecule has 1 aromatic carbocycles. The van der Waals surface area contributed by atoms with Crippen molar-refractivity contribution in [1.82, 2.24) is 9.80 Å². The van der Waals surface area contributed by atoms with E-state index in [9.17, 15) is 4.79 Å². The molecule has 0 aromatic heterocycles. The summed E-state index contributed by atoms with van der Waals surface area (Å²) in [7, 11) is 0. The predicted molar refractivity (Wildman–Crippen MR) is 78.5 cm³/mol. The van der Waals surface area contributed by atoms with Gasteiger partial charge in [0, 0.05) is 44.0 Å². The number of terminal acetylenes is 1. The van der Waals surface area contributed by atoms with Gasteiger partial charge in [0.15, 0.2) is 0 Å². The Balaban J connectivity index is 1.88. The predicted octanol–water partition coefficient (Wildman–Crippen LogP) is 0.810. The van der Waals surface area contributed by atoms with Crippen molar-refractivity contribution in [2.24, 2.45) is 0 Å². The van der Waals surface area contributed by atoms with Crippen molar-refractivity contribution in [3.63, 3.8) is 0 Å². The molecule has 0 radical (unpaired) electrons. The van der Waals surface area contributed by atoms with Crippen LogP contribution in [0, 0.1) is 12.3 Å². The highest BCUT2D eigenvalue weighted by molar-refractivity contribution is 5.89. The van der Waals surface area contributed by atoms with Gasteiger partial charge in [-0.05, 0) is 18.2 Å². The third-order valence-electron chi connectivity index (χ3n) is 3.36. The average molecular weight is 273 g/mol. The monoisotopic (exact) mass is 273 g/mol. The van der Waals surface area contributed by atoms with Crippen molar-refractivity contribution in [2.45, 2.75) is 0 Å². The number of amides is 2. The second-order valence-electron chi connectivity index (χ2n) is 4.71. The molecule has 5 heteroatoms. The Morgan fingerprint density at radius 3 is 2.75 bits per heavy atom. The molecule has 106 valence electrons. The largest absolute Gasteiger partial charge is 0.395 e. The summed E-state index contributed by atoms with van der Waals surface area (Å²) in [4.78, 5) is 16.0. The number of aliphatic hydroxyl groups is 1. The number of hydrogen-bond donors (Lipinski definition) is 2. The molecule has 2 rings (SSSR count). The van der Waals surface area contributed by atoms with Crippen LogP contribution in [0.2, 0.25) is 0 Å². The van der Waals surface area contributed by atoms with E-state index in [2.05, 4.69) is 16.1 Å². The Kier molecular flexibility index (Phi) is 4.99. The molecule has 0 spiro atoms. The normalized spacial score (nSPS) is 15.7. The topological polar surface area (TPSA) is 55.8 Å². The fourth-order valence-electron chi connectivity index (χ4n) is 2.21. The zero-order chi connectivity index (χ0) is 14.4. The van der Waals surface area contributed by atoms with Gasteiger partial charge in [-0.2, -0.15) is 0 Å². The summed E-state index contributed by atoms with van der Waals surface area (Å²) < 4.78 is 0. The highest BCUT2D eigenvalue weighted by atomic mass is 16.3. The van der Waals surface area contributed by atoms with E-state index < -0.39 is 0 Å². The molecule has 0 unspecified atom stereocenters. The quantitative estimate of drug-likeness (QED) is 0.801. The lowest BCUT2D eigenvalue weighted by molar-refractivity contribution is 0.127. The molecule has 20 heavy (non-hydrogen) atoms. The average Bonchev–Trinajstić information content (AvgIpc) is 2.48. The number of rotatable bonds is 3. The van der Waals surface area contributed by atoms with E-state index in [1.54, 1.807) is 11.0 Å². The van der Waals surface area contributed by atoms with Crippen LogP contribution < -0.4 is 5.32 Å². The van der Waals surface area contributed by atoms with Gasteiger partial charge in [0.05, 0.1) is 6.61 Å². The third-order valence-corrected chi connectivity index (χ3v) is 3.36. The van der Waals surface area contributed by atoms with Crippen LogP contribution in [0.15, 0.2) is 24.3 Å². The molecule has 2 amide bonds. The standard InChI is InChI=1S/C15H19N3O2/c1-2-13-4-3-5-14(12-13)16-15(20)18-8-6-17(7-9-18)10-11-19/h1,3-5,12,19H,6-11H2,(H,16,20). The van der Waals surface area contributed by atoms with Crippen molar-refractivity contribution in [3.05, 3.63) is 29.8 Å². The molecule has 0 atom stereocenters. The van der Waals surface area contributed by atoms with Crippen LogP contribution in [-0.2, 0) is 0 Å². The van der Waals surface area contributed by atoms with Crippen LogP contribution in [-0.4, -0.2) is 60.3 Å². The summed E-state index contributed by atoms with van der Waals surface area (Å²) in [6.45, 7) is 3.74. The van der Waals surface area contributed by atoms with Crippen LogP contribution in [0.5, 0.6) is 0 Å². The summed E-state index contributed by atoms with van der Waals surface area (Å²) >= 11 is 0. The summed E-state index contributed by atoms with van der Waals surface area (Å²) in [6, 6.07) is 7.14. The zero-order valence-electron chi connectivity index (χ0n) is 11.4. The number of carbonyl (C=O) groups is 1. The summed E-state index contributed by atoms with van der Waals surface area (Å²) in [5.41, 5.74) is 1.46. The molecular formula is C15H19N3O2. The van der Waals surface area contributed by atoms with Gasteiger partial charge in [-0.3, -0.25) is 4.90 Å². The van der Waals surface area contributed by atoms with E-state index in [1.165, 1.54) is 0 Å². The highest BCUT2D eigenvalue weighted by Gasteiger charge is 2.20. The first-order chi connectivity index (χ1) is 9.72. The Labute approximate surface area is 119 Å². The first kappa shape index (κ1) is 14.4. The number of aliphatic hydroxyl groups excluding tert-OH is 1. The second kappa shape index (κ2) is 6.94. The molecular weight excluding hydrogens is 254 g/mol. The molecule has 0 saturated carbocycles. The Hall–Kier alpha value is -2.03. The SMILES string of the molecule is C#Cc1cccc(NC(=O)N2CCN(CCO)CC2)c1. The van der Waals surface area contributed by atoms with Gasteiger partial charge in [-0.15, -0.1) is 6.42 Å². The van der Waals surface area contributed by atoms with E-state index in [-0.39, 0.29) is 12.6 Å². The second-order valence-corrected chi connectivity index (χ2v) is 4.71. The lowest BCUT2D eigenvalue weighted by Crippen LogP contribution is -2.50. The smallest absolute Gasteiger partial charge is 0.321 e. The van der Waals surface area contributed by atoms with Gasteiger partial charge in [-0.1, -0.05) is 12.0 Å². The van der Waals surface area contributed by atoms with Crippen molar-refractivity contribution >= 4 is 11.7 Å². The maximum atomic E-state index is 12.1. The minimum Gasteiger partial charge on any atom is -0.395 e. The van der Waals surface area contributed by atoms with Crippen LogP contribution in [0.4, 0.5) is 10.5 Å². The van der Waals surface area contributed by atoms with Gasteiger partial charge < -0.3 is 15.3 Å². The Morgan fingerprint density at radius 2 is 2.10 bits per heavy atom. The lowest BCUT2D eigenvalue weighted by Gasteiger charge is -2.34. The molecule has 0 aliphatic carbocycles. The number of carbonyl (C=O) groups excluding carboxylic acids is 1. The van der Waals surface area contributed by atoms with Crippen molar-refractivity contribution in [1.29, 1.82) is 0 Å². The lowest BCUT2D eigenvalue weighted by atomic mass is 10.2. The fourth-order valence-corrected chi connectivity index (χ4v) is 2.21. The molecule has 1 aliphatic rings. The van der Waals surface area contributed by atoms with E-state index in [4.69, 9.17) is 11.5 Å². The van der Waals surface area contributed by atoms with Crippen molar-refractivity contribution in [3.8, 4) is 12.3 Å². The molecule has 1 aliphatic heterocycles. The summed E-state index contributed by atoms with van der Waals surface area (Å²) in [5, 5.41) is 11.7. The molecule has 0 bridgehead atoms. The van der Waals surface area contributed by atoms with Gasteiger partial charge in [0.1, 0.15) is 0 Å². The van der Waals surface area contributed by atoms with Crippen molar-refractivity contribution < 1.29 is 9.90 Å². The molecule has 1 fully saturated rings. The van der Waals surface area contributed by atoms with Gasteiger partial charge in [0.25, 0.3) is 0 Å².